The quantitative estimate of drug-likeness (QED) is 0.0241. The summed E-state index contributed by atoms with van der Waals surface area (Å²) in [6.07, 6.45) is 0.272. The number of aliphatic carboxylic acids is 1. The molecule has 0 unspecified atom stereocenters. The SMILES string of the molecule is C[C@H](NC(=O)Cc1ccncc1)C(=O)N[C@@H](C)C(=O)N[C@@H](CC(N)=O)C(=O)N[C@@H](CCN(C(=O)CO)[C@@H](c1cc(-c2cc(F)ccc2F)cn1Cc1ccccc1)C(C)(C)C)C(=O)NCCNC(=O)CN1C(=O)C=CC1=O.O=C(O)C(F)(F)F. The zero-order valence-electron chi connectivity index (χ0n) is 46.1. The number of carbonyl (C=O) groups excluding carboxylic acids is 10. The third kappa shape index (κ3) is 20.5. The Morgan fingerprint density at radius 1 is 0.726 bits per heavy atom. The van der Waals surface area contributed by atoms with Crippen molar-refractivity contribution >= 4 is 65.0 Å². The lowest BCUT2D eigenvalue weighted by atomic mass is 9.82. The van der Waals surface area contributed by atoms with Crippen LogP contribution < -0.4 is 37.6 Å². The molecule has 0 spiro atoms. The molecule has 10 N–H and O–H groups in total. The van der Waals surface area contributed by atoms with Crippen LogP contribution in [0.15, 0.2) is 97.5 Å². The van der Waals surface area contributed by atoms with Gasteiger partial charge >= 0.3 is 12.1 Å². The van der Waals surface area contributed by atoms with Gasteiger partial charge in [-0.15, -0.1) is 0 Å². The van der Waals surface area contributed by atoms with Gasteiger partial charge in [-0.2, -0.15) is 13.2 Å². The van der Waals surface area contributed by atoms with E-state index in [1.54, 1.807) is 49.7 Å². The van der Waals surface area contributed by atoms with E-state index in [0.29, 0.717) is 16.2 Å². The summed E-state index contributed by atoms with van der Waals surface area (Å²) < 4.78 is 63.5. The molecule has 3 heterocycles. The Kier molecular flexibility index (Phi) is 24.4. The number of amides is 10. The first kappa shape index (κ1) is 67.1. The fourth-order valence-electron chi connectivity index (χ4n) is 8.36. The summed E-state index contributed by atoms with van der Waals surface area (Å²) in [5.41, 5.74) is 6.66. The Labute approximate surface area is 477 Å². The number of aromatic nitrogens is 2. The van der Waals surface area contributed by atoms with Gasteiger partial charge in [-0.05, 0) is 73.2 Å². The van der Waals surface area contributed by atoms with Crippen LogP contribution in [0, 0.1) is 17.0 Å². The molecular weight excluding hydrogens is 1120 g/mol. The summed E-state index contributed by atoms with van der Waals surface area (Å²) in [4.78, 5) is 145. The van der Waals surface area contributed by atoms with Gasteiger partial charge in [-0.1, -0.05) is 51.1 Å². The molecule has 10 amide bonds. The van der Waals surface area contributed by atoms with Crippen LogP contribution in [0.2, 0.25) is 0 Å². The molecule has 0 radical (unpaired) electrons. The Balaban J connectivity index is 0.00000203. The van der Waals surface area contributed by atoms with Crippen molar-refractivity contribution in [3.63, 3.8) is 0 Å². The predicted octanol–water partition coefficient (Wildman–Crippen LogP) is 1.06. The first-order chi connectivity index (χ1) is 39.4. The molecule has 0 aliphatic carbocycles. The van der Waals surface area contributed by atoms with Crippen molar-refractivity contribution in [2.24, 2.45) is 11.1 Å². The molecule has 2 aromatic heterocycles. The van der Waals surface area contributed by atoms with E-state index in [4.69, 9.17) is 15.6 Å². The van der Waals surface area contributed by atoms with Gasteiger partial charge in [0.2, 0.25) is 47.3 Å². The molecule has 5 rings (SSSR count). The summed E-state index contributed by atoms with van der Waals surface area (Å²) in [6.45, 7) is 5.71. The minimum absolute atomic E-state index is 0.0595. The van der Waals surface area contributed by atoms with Gasteiger partial charge < -0.3 is 57.3 Å². The van der Waals surface area contributed by atoms with Crippen LogP contribution in [0.1, 0.15) is 70.3 Å². The number of nitrogens with zero attached hydrogens (tertiary/aromatic N) is 4. The number of primary amides is 1. The van der Waals surface area contributed by atoms with E-state index in [2.05, 4.69) is 36.9 Å². The highest BCUT2D eigenvalue weighted by atomic mass is 19.4. The number of nitrogens with two attached hydrogens (primary N) is 1. The summed E-state index contributed by atoms with van der Waals surface area (Å²) in [6, 6.07) is 10.2. The number of pyridine rings is 1. The molecule has 84 heavy (non-hydrogen) atoms. The standard InChI is InChI=1S/C53H63F2N11O11.C2HF3O2/c1-31(60-43(69)23-33-15-18-57-19-16-33)49(74)61-32(2)50(75)63-40(26-42(56)68)52(77)62-39(51(76)59-21-20-58-44(70)29-66-45(71)13-14-46(66)72)17-22-65(47(73)30-67)48(53(3,4)5)41-24-35(37-25-36(54)11-12-38(37)55)28-64(41)27-34-9-7-6-8-10-34;3-2(4,5)1(6)7/h6-16,18-19,24-25,28,31-32,39-40,48,67H,17,20-23,26-27,29-30H2,1-5H3,(H2,56,68)(H,58,70)(H,59,76)(H,60,69)(H,61,74)(H,62,77)(H,63,75);(H,6,7)/t31-,32-,39-,40-,48-;/m0./s1. The van der Waals surface area contributed by atoms with E-state index < -0.39 is 144 Å². The molecule has 2 aromatic carbocycles. The lowest BCUT2D eigenvalue weighted by molar-refractivity contribution is -0.192. The van der Waals surface area contributed by atoms with Crippen molar-refractivity contribution in [1.29, 1.82) is 0 Å². The number of carbonyl (C=O) groups is 11. The summed E-state index contributed by atoms with van der Waals surface area (Å²) in [5.74, 6) is -12.4. The number of hydrogen-bond acceptors (Lipinski definition) is 13. The van der Waals surface area contributed by atoms with Crippen LogP contribution in [0.25, 0.3) is 11.1 Å². The Bertz CT molecular complexity index is 3060. The molecule has 24 nitrogen and oxygen atoms in total. The summed E-state index contributed by atoms with van der Waals surface area (Å²) in [7, 11) is 0. The predicted molar refractivity (Wildman–Crippen MR) is 287 cm³/mol. The molecule has 1 aliphatic rings. The third-order valence-electron chi connectivity index (χ3n) is 12.4. The minimum Gasteiger partial charge on any atom is -0.475 e. The molecule has 4 aromatic rings. The monoisotopic (exact) mass is 1180 g/mol. The fourth-order valence-corrected chi connectivity index (χ4v) is 8.36. The largest absolute Gasteiger partial charge is 0.490 e. The number of alkyl halides is 3. The van der Waals surface area contributed by atoms with Crippen LogP contribution in [0.4, 0.5) is 22.0 Å². The van der Waals surface area contributed by atoms with E-state index in [0.717, 1.165) is 35.9 Å². The molecule has 0 saturated heterocycles. The zero-order valence-corrected chi connectivity index (χ0v) is 46.1. The van der Waals surface area contributed by atoms with Crippen LogP contribution in [-0.4, -0.2) is 158 Å². The minimum atomic E-state index is -5.08. The van der Waals surface area contributed by atoms with Gasteiger partial charge in [0.05, 0.1) is 18.9 Å². The van der Waals surface area contributed by atoms with Gasteiger partial charge in [0.25, 0.3) is 11.8 Å². The topological polar surface area (TPSA) is 351 Å². The molecule has 0 bridgehead atoms. The van der Waals surface area contributed by atoms with E-state index in [-0.39, 0.29) is 43.7 Å². The number of carboxylic acid groups (broad SMARTS) is 1. The van der Waals surface area contributed by atoms with Crippen molar-refractivity contribution in [3.8, 4) is 11.1 Å². The summed E-state index contributed by atoms with van der Waals surface area (Å²) >= 11 is 0. The zero-order chi connectivity index (χ0) is 62.6. The molecule has 0 fully saturated rings. The van der Waals surface area contributed by atoms with E-state index in [1.165, 1.54) is 31.1 Å². The number of hydrogen-bond donors (Lipinski definition) is 9. The Morgan fingerprint density at radius 3 is 1.89 bits per heavy atom. The van der Waals surface area contributed by atoms with Crippen LogP contribution in [0.3, 0.4) is 0 Å². The second-order valence-electron chi connectivity index (χ2n) is 20.1. The highest BCUT2D eigenvalue weighted by Crippen LogP contribution is 2.41. The lowest BCUT2D eigenvalue weighted by Gasteiger charge is -2.41. The molecule has 0 saturated carbocycles. The van der Waals surface area contributed by atoms with Crippen molar-refractivity contribution in [2.75, 3.05) is 32.8 Å². The van der Waals surface area contributed by atoms with Crippen molar-refractivity contribution < 1.29 is 84.9 Å². The van der Waals surface area contributed by atoms with Gasteiger partial charge in [0, 0.05) is 73.7 Å². The van der Waals surface area contributed by atoms with Crippen molar-refractivity contribution in [3.05, 3.63) is 126 Å². The number of carboxylic acids is 1. The normalized spacial score (nSPS) is 13.9. The maximum Gasteiger partial charge on any atom is 0.490 e. The second-order valence-corrected chi connectivity index (χ2v) is 20.1. The maximum absolute atomic E-state index is 15.4. The van der Waals surface area contributed by atoms with E-state index in [9.17, 15) is 70.6 Å². The smallest absolute Gasteiger partial charge is 0.475 e. The second kappa shape index (κ2) is 30.6. The highest BCUT2D eigenvalue weighted by Gasteiger charge is 2.40. The molecule has 29 heteroatoms. The van der Waals surface area contributed by atoms with E-state index >= 15 is 4.39 Å². The van der Waals surface area contributed by atoms with Crippen LogP contribution >= 0.6 is 0 Å². The average Bonchev–Trinajstić information content (AvgIpc) is 4.21. The molecular formula is C55H64F5N11O13. The number of imide groups is 1. The highest BCUT2D eigenvalue weighted by molar-refractivity contribution is 6.14. The molecule has 1 aliphatic heterocycles. The Morgan fingerprint density at radius 2 is 1.31 bits per heavy atom. The third-order valence-corrected chi connectivity index (χ3v) is 12.4. The van der Waals surface area contributed by atoms with Gasteiger partial charge in [-0.25, -0.2) is 13.6 Å². The van der Waals surface area contributed by atoms with Crippen LogP contribution in [0.5, 0.6) is 0 Å². The lowest BCUT2D eigenvalue weighted by Crippen LogP contribution is -2.58. The number of aliphatic hydroxyl groups is 1. The van der Waals surface area contributed by atoms with Crippen molar-refractivity contribution in [2.45, 2.75) is 96.8 Å². The number of halogens is 5. The fraction of sp³-hybridized carbons (Fsp3) is 0.382. The van der Waals surface area contributed by atoms with Gasteiger partial charge in [-0.3, -0.25) is 57.8 Å². The van der Waals surface area contributed by atoms with Crippen molar-refractivity contribution in [1.82, 2.24) is 51.3 Å². The summed E-state index contributed by atoms with van der Waals surface area (Å²) in [5, 5.41) is 32.5. The van der Waals surface area contributed by atoms with Gasteiger partial charge in [0.15, 0.2) is 0 Å². The average molecular weight is 1180 g/mol. The van der Waals surface area contributed by atoms with Gasteiger partial charge in [0.1, 0.15) is 49.0 Å². The van der Waals surface area contributed by atoms with Crippen LogP contribution in [-0.2, 0) is 65.7 Å². The molecule has 5 atom stereocenters. The number of nitrogens with one attached hydrogen (secondary N) is 6. The number of aliphatic hydroxyl groups excluding tert-OH is 1. The number of rotatable bonds is 26. The maximum atomic E-state index is 15.4. The molecule has 452 valence electrons. The first-order valence-electron chi connectivity index (χ1n) is 25.8. The Hall–Kier alpha value is -9.41. The number of benzene rings is 2. The van der Waals surface area contributed by atoms with E-state index in [1.807, 2.05) is 30.3 Å². The first-order valence-corrected chi connectivity index (χ1v) is 25.8.